The molecule has 1 N–H and O–H groups in total. The summed E-state index contributed by atoms with van der Waals surface area (Å²) in [5, 5.41) is 2.72. The molecule has 1 fully saturated rings. The summed E-state index contributed by atoms with van der Waals surface area (Å²) in [6.45, 7) is 3.84. The number of amides is 3. The fraction of sp³-hybridized carbons (Fsp3) is 0.389. The maximum absolute atomic E-state index is 12.3. The van der Waals surface area contributed by atoms with Crippen molar-refractivity contribution in [1.29, 1.82) is 0 Å². The Balaban J connectivity index is 2.24. The van der Waals surface area contributed by atoms with Crippen LogP contribution in [0.2, 0.25) is 5.02 Å². The Kier molecular flexibility index (Phi) is 7.06. The third-order valence-electron chi connectivity index (χ3n) is 3.61. The van der Waals surface area contributed by atoms with E-state index in [1.54, 1.807) is 19.1 Å². The number of rotatable bonds is 8. The number of imide groups is 1. The lowest BCUT2D eigenvalue weighted by molar-refractivity contribution is -0.145. The maximum atomic E-state index is 12.3. The molecule has 3 amide bonds. The molecule has 0 atom stereocenters. The number of urea groups is 1. The average molecular weight is 397 g/mol. The van der Waals surface area contributed by atoms with Gasteiger partial charge in [0.2, 0.25) is 0 Å². The van der Waals surface area contributed by atoms with Crippen molar-refractivity contribution in [3.8, 4) is 11.5 Å². The number of carbonyl (C=O) groups is 3. The monoisotopic (exact) mass is 396 g/mol. The summed E-state index contributed by atoms with van der Waals surface area (Å²) in [4.78, 5) is 36.7. The molecular formula is C18H21ClN2O6. The highest BCUT2D eigenvalue weighted by Gasteiger charge is 2.32. The van der Waals surface area contributed by atoms with Crippen LogP contribution in [0.3, 0.4) is 0 Å². The zero-order valence-electron chi connectivity index (χ0n) is 15.3. The van der Waals surface area contributed by atoms with Crippen LogP contribution in [0.15, 0.2) is 17.8 Å². The number of nitrogens with zero attached hydrogens (tertiary/aromatic N) is 1. The number of hydrogen-bond acceptors (Lipinski definition) is 6. The average Bonchev–Trinajstić information content (AvgIpc) is 2.88. The van der Waals surface area contributed by atoms with Gasteiger partial charge in [0.1, 0.15) is 5.70 Å². The number of halogens is 1. The summed E-state index contributed by atoms with van der Waals surface area (Å²) in [5.74, 6) is -0.471. The zero-order chi connectivity index (χ0) is 20.0. The van der Waals surface area contributed by atoms with E-state index in [-0.39, 0.29) is 35.4 Å². The van der Waals surface area contributed by atoms with Crippen LogP contribution >= 0.6 is 11.6 Å². The number of nitrogens with one attached hydrogen (secondary N) is 1. The lowest BCUT2D eigenvalue weighted by atomic mass is 10.1. The largest absolute Gasteiger partial charge is 0.493 e. The Hall–Kier alpha value is -2.74. The number of carbonyl (C=O) groups excluding carboxylic acids is 3. The van der Waals surface area contributed by atoms with E-state index >= 15 is 0 Å². The topological polar surface area (TPSA) is 94.2 Å². The summed E-state index contributed by atoms with van der Waals surface area (Å²) in [5.41, 5.74) is 0.675. The molecule has 8 nitrogen and oxygen atoms in total. The van der Waals surface area contributed by atoms with Crippen molar-refractivity contribution in [2.75, 3.05) is 26.9 Å². The molecule has 146 valence electrons. The lowest BCUT2D eigenvalue weighted by Crippen LogP contribution is -2.31. The van der Waals surface area contributed by atoms with Gasteiger partial charge in [0.15, 0.2) is 18.1 Å². The van der Waals surface area contributed by atoms with Gasteiger partial charge in [-0.05, 0) is 37.1 Å². The number of ether oxygens (including phenoxy) is 3. The minimum absolute atomic E-state index is 0.145. The predicted molar refractivity (Wildman–Crippen MR) is 98.6 cm³/mol. The second-order valence-electron chi connectivity index (χ2n) is 5.57. The van der Waals surface area contributed by atoms with Gasteiger partial charge >= 0.3 is 12.0 Å². The van der Waals surface area contributed by atoms with Gasteiger partial charge in [0.25, 0.3) is 5.91 Å². The van der Waals surface area contributed by atoms with Gasteiger partial charge < -0.3 is 19.5 Å². The second-order valence-corrected chi connectivity index (χ2v) is 5.98. The first kappa shape index (κ1) is 20.6. The molecule has 0 spiro atoms. The normalized spacial score (nSPS) is 15.1. The number of methoxy groups -OCH3 is 1. The van der Waals surface area contributed by atoms with Gasteiger partial charge in [0.05, 0.1) is 18.7 Å². The molecule has 27 heavy (non-hydrogen) atoms. The van der Waals surface area contributed by atoms with Gasteiger partial charge in [-0.2, -0.15) is 0 Å². The Morgan fingerprint density at radius 2 is 2.04 bits per heavy atom. The Morgan fingerprint density at radius 3 is 2.67 bits per heavy atom. The van der Waals surface area contributed by atoms with E-state index in [0.717, 1.165) is 4.90 Å². The van der Waals surface area contributed by atoms with Gasteiger partial charge in [0, 0.05) is 6.54 Å². The van der Waals surface area contributed by atoms with Gasteiger partial charge in [-0.1, -0.05) is 18.5 Å². The van der Waals surface area contributed by atoms with Crippen LogP contribution in [0.25, 0.3) is 6.08 Å². The quantitative estimate of drug-likeness (QED) is 0.412. The molecular weight excluding hydrogens is 376 g/mol. The molecule has 0 saturated carbocycles. The molecule has 0 aromatic heterocycles. The minimum Gasteiger partial charge on any atom is -0.493 e. The highest BCUT2D eigenvalue weighted by molar-refractivity contribution is 6.32. The summed E-state index contributed by atoms with van der Waals surface area (Å²) in [7, 11) is 1.42. The molecule has 1 saturated heterocycles. The van der Waals surface area contributed by atoms with Gasteiger partial charge in [-0.3, -0.25) is 9.69 Å². The highest BCUT2D eigenvalue weighted by atomic mass is 35.5. The van der Waals surface area contributed by atoms with Gasteiger partial charge in [-0.15, -0.1) is 0 Å². The van der Waals surface area contributed by atoms with E-state index in [2.05, 4.69) is 5.32 Å². The van der Waals surface area contributed by atoms with Crippen molar-refractivity contribution in [1.82, 2.24) is 10.2 Å². The standard InChI is InChI=1S/C18H21ClN2O6/c1-4-6-21-17(23)13(20-18(21)24)8-11-7-12(19)16(14(9-11)25-3)27-10-15(22)26-5-2/h7-9H,4-6,10H2,1-3H3,(H,20,24)/b13-8+. The van der Waals surface area contributed by atoms with Crippen molar-refractivity contribution in [2.45, 2.75) is 20.3 Å². The Bertz CT molecular complexity index is 777. The zero-order valence-corrected chi connectivity index (χ0v) is 16.1. The van der Waals surface area contributed by atoms with E-state index in [1.807, 2.05) is 6.92 Å². The molecule has 1 aliphatic rings. The van der Waals surface area contributed by atoms with Crippen molar-refractivity contribution >= 4 is 35.6 Å². The third kappa shape index (κ3) is 4.91. The van der Waals surface area contributed by atoms with Crippen LogP contribution < -0.4 is 14.8 Å². The summed E-state index contributed by atoms with van der Waals surface area (Å²) in [6.07, 6.45) is 2.16. The number of esters is 1. The summed E-state index contributed by atoms with van der Waals surface area (Å²) >= 11 is 6.23. The molecule has 1 aromatic carbocycles. The van der Waals surface area contributed by atoms with Crippen molar-refractivity contribution in [3.05, 3.63) is 28.4 Å². The second kappa shape index (κ2) is 9.27. The first-order valence-corrected chi connectivity index (χ1v) is 8.79. The smallest absolute Gasteiger partial charge is 0.344 e. The fourth-order valence-electron chi connectivity index (χ4n) is 2.46. The van der Waals surface area contributed by atoms with Crippen LogP contribution in [0, 0.1) is 0 Å². The predicted octanol–water partition coefficient (Wildman–Crippen LogP) is 2.59. The minimum atomic E-state index is -0.530. The van der Waals surface area contributed by atoms with Crippen LogP contribution in [0.5, 0.6) is 11.5 Å². The van der Waals surface area contributed by atoms with Crippen LogP contribution in [0.1, 0.15) is 25.8 Å². The maximum Gasteiger partial charge on any atom is 0.344 e. The fourth-order valence-corrected chi connectivity index (χ4v) is 2.74. The molecule has 1 aliphatic heterocycles. The highest BCUT2D eigenvalue weighted by Crippen LogP contribution is 2.37. The first-order chi connectivity index (χ1) is 12.9. The third-order valence-corrected chi connectivity index (χ3v) is 3.89. The van der Waals surface area contributed by atoms with Gasteiger partial charge in [-0.25, -0.2) is 9.59 Å². The van der Waals surface area contributed by atoms with Crippen LogP contribution in [0.4, 0.5) is 4.79 Å². The SMILES string of the molecule is CCCN1C(=O)N/C(=C/c2cc(Cl)c(OCC(=O)OCC)c(OC)c2)C1=O. The molecule has 9 heteroatoms. The van der Waals surface area contributed by atoms with Crippen molar-refractivity contribution in [3.63, 3.8) is 0 Å². The van der Waals surface area contributed by atoms with E-state index in [1.165, 1.54) is 13.2 Å². The Labute approximate surface area is 162 Å². The molecule has 0 bridgehead atoms. The molecule has 1 aromatic rings. The van der Waals surface area contributed by atoms with E-state index < -0.39 is 17.9 Å². The molecule has 0 unspecified atom stereocenters. The summed E-state index contributed by atoms with van der Waals surface area (Å²) < 4.78 is 15.4. The Morgan fingerprint density at radius 1 is 1.30 bits per heavy atom. The van der Waals surface area contributed by atoms with Crippen LogP contribution in [-0.2, 0) is 14.3 Å². The van der Waals surface area contributed by atoms with E-state index in [4.69, 9.17) is 25.8 Å². The van der Waals surface area contributed by atoms with Crippen LogP contribution in [-0.4, -0.2) is 49.7 Å². The lowest BCUT2D eigenvalue weighted by Gasteiger charge is -2.13. The van der Waals surface area contributed by atoms with Crippen molar-refractivity contribution < 1.29 is 28.6 Å². The molecule has 0 aliphatic carbocycles. The van der Waals surface area contributed by atoms with E-state index in [9.17, 15) is 14.4 Å². The number of benzene rings is 1. The summed E-state index contributed by atoms with van der Waals surface area (Å²) in [6, 6.07) is 2.67. The molecule has 2 rings (SSSR count). The van der Waals surface area contributed by atoms with Crippen molar-refractivity contribution in [2.24, 2.45) is 0 Å². The number of hydrogen-bond donors (Lipinski definition) is 1. The van der Waals surface area contributed by atoms with E-state index in [0.29, 0.717) is 18.5 Å². The first-order valence-electron chi connectivity index (χ1n) is 8.41. The molecule has 1 heterocycles. The molecule has 0 radical (unpaired) electrons.